The van der Waals surface area contributed by atoms with Crippen LogP contribution < -0.4 is 5.32 Å². The molecule has 0 aliphatic rings. The molecule has 7 heteroatoms. The second-order valence-electron chi connectivity index (χ2n) is 5.88. The van der Waals surface area contributed by atoms with Crippen molar-refractivity contribution in [2.45, 2.75) is 33.7 Å². The van der Waals surface area contributed by atoms with E-state index in [-0.39, 0.29) is 5.91 Å². The van der Waals surface area contributed by atoms with Crippen LogP contribution in [0.1, 0.15) is 28.1 Å². The van der Waals surface area contributed by atoms with Gasteiger partial charge in [0.1, 0.15) is 0 Å². The second kappa shape index (κ2) is 9.53. The van der Waals surface area contributed by atoms with Gasteiger partial charge in [-0.1, -0.05) is 36.2 Å². The first-order valence-electron chi connectivity index (χ1n) is 8.25. The summed E-state index contributed by atoms with van der Waals surface area (Å²) in [4.78, 5) is 19.9. The van der Waals surface area contributed by atoms with Crippen LogP contribution in [0.5, 0.6) is 0 Å². The first-order valence-corrected chi connectivity index (χ1v) is 9.82. The predicted octanol–water partition coefficient (Wildman–Crippen LogP) is 4.25. The lowest BCUT2D eigenvalue weighted by Crippen LogP contribution is -2.35. The Balaban J connectivity index is 1.79. The number of rotatable bonds is 8. The van der Waals surface area contributed by atoms with Crippen molar-refractivity contribution in [3.63, 3.8) is 0 Å². The topological polar surface area (TPSA) is 45.2 Å². The van der Waals surface area contributed by atoms with Crippen molar-refractivity contribution >= 4 is 40.4 Å². The van der Waals surface area contributed by atoms with E-state index in [2.05, 4.69) is 22.1 Å². The lowest BCUT2D eigenvalue weighted by Gasteiger charge is -2.21. The Morgan fingerprint density at radius 2 is 2.04 bits per heavy atom. The Hall–Kier alpha value is -1.14. The molecule has 0 unspecified atom stereocenters. The van der Waals surface area contributed by atoms with Gasteiger partial charge in [-0.2, -0.15) is 0 Å². The molecule has 1 aromatic carbocycles. The van der Waals surface area contributed by atoms with Crippen LogP contribution in [-0.4, -0.2) is 35.4 Å². The summed E-state index contributed by atoms with van der Waals surface area (Å²) in [5, 5.41) is 5.11. The zero-order valence-corrected chi connectivity index (χ0v) is 17.1. The molecule has 136 valence electrons. The fourth-order valence-corrected chi connectivity index (χ4v) is 3.70. The molecule has 1 N–H and O–H groups in total. The molecule has 0 bridgehead atoms. The first kappa shape index (κ1) is 20.2. The van der Waals surface area contributed by atoms with Gasteiger partial charge in [-0.3, -0.25) is 9.69 Å². The standard InChI is InChI=1S/C18H23Cl2N3OS/c1-4-23(11-14-5-6-15(19)16(20)9-14)8-7-21-18(24)10-17-12(2)25-13(3)22-17/h5-6,9H,4,7-8,10-11H2,1-3H3,(H,21,24). The Morgan fingerprint density at radius 3 is 2.64 bits per heavy atom. The zero-order valence-electron chi connectivity index (χ0n) is 14.7. The van der Waals surface area contributed by atoms with Crippen molar-refractivity contribution in [2.24, 2.45) is 0 Å². The van der Waals surface area contributed by atoms with Crippen LogP contribution in [0.3, 0.4) is 0 Å². The van der Waals surface area contributed by atoms with Crippen molar-refractivity contribution < 1.29 is 4.79 Å². The molecule has 0 radical (unpaired) electrons. The molecule has 0 saturated carbocycles. The van der Waals surface area contributed by atoms with E-state index in [9.17, 15) is 4.79 Å². The third-order valence-electron chi connectivity index (χ3n) is 3.92. The van der Waals surface area contributed by atoms with E-state index in [0.717, 1.165) is 40.8 Å². The van der Waals surface area contributed by atoms with Crippen LogP contribution in [0.4, 0.5) is 0 Å². The minimum Gasteiger partial charge on any atom is -0.354 e. The molecule has 2 rings (SSSR count). The number of nitrogens with zero attached hydrogens (tertiary/aromatic N) is 2. The lowest BCUT2D eigenvalue weighted by atomic mass is 10.2. The van der Waals surface area contributed by atoms with Gasteiger partial charge < -0.3 is 5.32 Å². The molecule has 0 aliphatic carbocycles. The SMILES string of the molecule is CCN(CCNC(=O)Cc1nc(C)sc1C)Cc1ccc(Cl)c(Cl)c1. The lowest BCUT2D eigenvalue weighted by molar-refractivity contribution is -0.120. The van der Waals surface area contributed by atoms with Gasteiger partial charge in [-0.05, 0) is 38.1 Å². The highest BCUT2D eigenvalue weighted by molar-refractivity contribution is 7.11. The molecule has 2 aromatic rings. The number of amides is 1. The number of aryl methyl sites for hydroxylation is 2. The van der Waals surface area contributed by atoms with Gasteiger partial charge >= 0.3 is 0 Å². The minimum atomic E-state index is 0.0130. The van der Waals surface area contributed by atoms with Gasteiger partial charge in [0.25, 0.3) is 0 Å². The minimum absolute atomic E-state index is 0.0130. The summed E-state index contributed by atoms with van der Waals surface area (Å²) in [6, 6.07) is 5.67. The molecule has 0 atom stereocenters. The van der Waals surface area contributed by atoms with Crippen molar-refractivity contribution in [3.05, 3.63) is 49.4 Å². The number of aromatic nitrogens is 1. The van der Waals surface area contributed by atoms with Crippen LogP contribution in [0.15, 0.2) is 18.2 Å². The van der Waals surface area contributed by atoms with E-state index in [1.807, 2.05) is 32.0 Å². The van der Waals surface area contributed by atoms with Gasteiger partial charge in [0.2, 0.25) is 5.91 Å². The average Bonchev–Trinajstić information content (AvgIpc) is 2.87. The number of likely N-dealkylation sites (N-methyl/N-ethyl adjacent to an activating group) is 1. The van der Waals surface area contributed by atoms with Gasteiger partial charge in [0, 0.05) is 24.5 Å². The van der Waals surface area contributed by atoms with Gasteiger partial charge in [0.05, 0.1) is 27.2 Å². The van der Waals surface area contributed by atoms with Crippen LogP contribution in [0.2, 0.25) is 10.0 Å². The largest absolute Gasteiger partial charge is 0.354 e. The van der Waals surface area contributed by atoms with Gasteiger partial charge in [-0.25, -0.2) is 4.98 Å². The number of carbonyl (C=O) groups excluding carboxylic acids is 1. The quantitative estimate of drug-likeness (QED) is 0.721. The first-order chi connectivity index (χ1) is 11.9. The third-order valence-corrected chi connectivity index (χ3v) is 5.58. The summed E-state index contributed by atoms with van der Waals surface area (Å²) < 4.78 is 0. The zero-order chi connectivity index (χ0) is 18.4. The van der Waals surface area contributed by atoms with E-state index >= 15 is 0 Å². The molecule has 4 nitrogen and oxygen atoms in total. The summed E-state index contributed by atoms with van der Waals surface area (Å²) in [5.74, 6) is 0.0130. The van der Waals surface area contributed by atoms with E-state index < -0.39 is 0 Å². The van der Waals surface area contributed by atoms with Crippen LogP contribution >= 0.6 is 34.5 Å². The predicted molar refractivity (Wildman–Crippen MR) is 106 cm³/mol. The van der Waals surface area contributed by atoms with Crippen molar-refractivity contribution in [1.82, 2.24) is 15.2 Å². The molecule has 1 aromatic heterocycles. The number of carbonyl (C=O) groups is 1. The normalized spacial score (nSPS) is 11.1. The highest BCUT2D eigenvalue weighted by atomic mass is 35.5. The average molecular weight is 400 g/mol. The Bertz CT molecular complexity index is 733. The summed E-state index contributed by atoms with van der Waals surface area (Å²) in [6.45, 7) is 9.10. The maximum atomic E-state index is 12.1. The third kappa shape index (κ3) is 6.26. The van der Waals surface area contributed by atoms with Crippen molar-refractivity contribution in [2.75, 3.05) is 19.6 Å². The van der Waals surface area contributed by atoms with Gasteiger partial charge in [-0.15, -0.1) is 11.3 Å². The molecule has 1 amide bonds. The van der Waals surface area contributed by atoms with Crippen LogP contribution in [0.25, 0.3) is 0 Å². The number of hydrogen-bond acceptors (Lipinski definition) is 4. The molecular formula is C18H23Cl2N3OS. The molecular weight excluding hydrogens is 377 g/mol. The summed E-state index contributed by atoms with van der Waals surface area (Å²) >= 11 is 13.6. The molecule has 25 heavy (non-hydrogen) atoms. The van der Waals surface area contributed by atoms with E-state index in [4.69, 9.17) is 23.2 Å². The highest BCUT2D eigenvalue weighted by Crippen LogP contribution is 2.23. The Labute approximate surface area is 163 Å². The number of halogens is 2. The summed E-state index contributed by atoms with van der Waals surface area (Å²) in [7, 11) is 0. The monoisotopic (exact) mass is 399 g/mol. The summed E-state index contributed by atoms with van der Waals surface area (Å²) in [6.07, 6.45) is 0.342. The fourth-order valence-electron chi connectivity index (χ4n) is 2.55. The van der Waals surface area contributed by atoms with E-state index in [1.54, 1.807) is 11.3 Å². The fraction of sp³-hybridized carbons (Fsp3) is 0.444. The van der Waals surface area contributed by atoms with E-state index in [1.165, 1.54) is 0 Å². The number of nitrogens with one attached hydrogen (secondary N) is 1. The summed E-state index contributed by atoms with van der Waals surface area (Å²) in [5.41, 5.74) is 1.99. The van der Waals surface area contributed by atoms with Crippen LogP contribution in [-0.2, 0) is 17.8 Å². The van der Waals surface area contributed by atoms with E-state index in [0.29, 0.717) is 23.0 Å². The molecule has 0 saturated heterocycles. The molecule has 1 heterocycles. The smallest absolute Gasteiger partial charge is 0.226 e. The number of hydrogen-bond donors (Lipinski definition) is 1. The Kier molecular flexibility index (Phi) is 7.69. The Morgan fingerprint density at radius 1 is 1.28 bits per heavy atom. The molecule has 0 aliphatic heterocycles. The second-order valence-corrected chi connectivity index (χ2v) is 8.10. The number of thiazole rings is 1. The molecule has 0 fully saturated rings. The van der Waals surface area contributed by atoms with Crippen molar-refractivity contribution in [1.29, 1.82) is 0 Å². The highest BCUT2D eigenvalue weighted by Gasteiger charge is 2.11. The van der Waals surface area contributed by atoms with Gasteiger partial charge in [0.15, 0.2) is 0 Å². The number of benzene rings is 1. The van der Waals surface area contributed by atoms with Crippen molar-refractivity contribution in [3.8, 4) is 0 Å². The maximum Gasteiger partial charge on any atom is 0.226 e. The van der Waals surface area contributed by atoms with Crippen LogP contribution in [0, 0.1) is 13.8 Å². The molecule has 0 spiro atoms. The maximum absolute atomic E-state index is 12.1.